The largest absolute Gasteiger partial charge is 0.285 e. The van der Waals surface area contributed by atoms with E-state index in [0.29, 0.717) is 5.56 Å². The summed E-state index contributed by atoms with van der Waals surface area (Å²) in [6, 6.07) is 5.12. The summed E-state index contributed by atoms with van der Waals surface area (Å²) in [5.74, 6) is 5.43. The molecule has 1 aromatic rings. The van der Waals surface area contributed by atoms with Crippen molar-refractivity contribution < 1.29 is 9.59 Å². The fraction of sp³-hybridized carbons (Fsp3) is 0.429. The zero-order chi connectivity index (χ0) is 13.9. The molecule has 1 rings (SSSR count). The fourth-order valence-electron chi connectivity index (χ4n) is 1.51. The van der Waals surface area contributed by atoms with Crippen LogP contribution in [0.1, 0.15) is 49.2 Å². The molecule has 0 unspecified atom stereocenters. The van der Waals surface area contributed by atoms with Crippen LogP contribution in [-0.4, -0.2) is 22.7 Å². The number of rotatable bonds is 3. The SMILES string of the molecule is CCc1ccc([C]=O)c(C(=O)N(N)C(C)(C)C)c1. The van der Waals surface area contributed by atoms with Crippen molar-refractivity contribution in [1.29, 1.82) is 0 Å². The first-order valence-corrected chi connectivity index (χ1v) is 5.91. The Morgan fingerprint density at radius 3 is 2.44 bits per heavy atom. The molecule has 1 amide bonds. The predicted molar refractivity (Wildman–Crippen MR) is 70.7 cm³/mol. The minimum Gasteiger partial charge on any atom is -0.285 e. The second-order valence-corrected chi connectivity index (χ2v) is 5.18. The van der Waals surface area contributed by atoms with Crippen molar-refractivity contribution in [3.8, 4) is 0 Å². The quantitative estimate of drug-likeness (QED) is 0.503. The van der Waals surface area contributed by atoms with E-state index in [1.807, 2.05) is 33.8 Å². The van der Waals surface area contributed by atoms with E-state index < -0.39 is 5.54 Å². The van der Waals surface area contributed by atoms with Crippen LogP contribution in [0.2, 0.25) is 0 Å². The maximum Gasteiger partial charge on any atom is 0.269 e. The molecule has 1 aromatic carbocycles. The van der Waals surface area contributed by atoms with Crippen molar-refractivity contribution in [1.82, 2.24) is 5.01 Å². The summed E-state index contributed by atoms with van der Waals surface area (Å²) >= 11 is 0. The number of carbonyl (C=O) groups is 1. The summed E-state index contributed by atoms with van der Waals surface area (Å²) < 4.78 is 0. The summed E-state index contributed by atoms with van der Waals surface area (Å²) in [5.41, 5.74) is 1.04. The van der Waals surface area contributed by atoms with Gasteiger partial charge < -0.3 is 0 Å². The molecule has 1 radical (unpaired) electrons. The minimum absolute atomic E-state index is 0.247. The molecule has 97 valence electrons. The van der Waals surface area contributed by atoms with Gasteiger partial charge >= 0.3 is 0 Å². The van der Waals surface area contributed by atoms with Crippen molar-refractivity contribution >= 4 is 12.2 Å². The van der Waals surface area contributed by atoms with Gasteiger partial charge in [0.05, 0.1) is 11.1 Å². The van der Waals surface area contributed by atoms with Gasteiger partial charge in [-0.25, -0.2) is 5.84 Å². The van der Waals surface area contributed by atoms with Gasteiger partial charge in [0.15, 0.2) is 0 Å². The number of hydrogen-bond donors (Lipinski definition) is 1. The molecule has 0 saturated heterocycles. The number of nitrogens with two attached hydrogens (primary N) is 1. The van der Waals surface area contributed by atoms with Gasteiger partial charge in [0, 0.05) is 5.56 Å². The molecular weight excluding hydrogens is 228 g/mol. The highest BCUT2D eigenvalue weighted by atomic mass is 16.2. The van der Waals surface area contributed by atoms with Gasteiger partial charge in [-0.15, -0.1) is 0 Å². The highest BCUT2D eigenvalue weighted by Gasteiger charge is 2.26. The van der Waals surface area contributed by atoms with Crippen molar-refractivity contribution in [3.05, 3.63) is 34.9 Å². The lowest BCUT2D eigenvalue weighted by atomic mass is 10.0. The Morgan fingerprint density at radius 2 is 2.00 bits per heavy atom. The lowest BCUT2D eigenvalue weighted by Crippen LogP contribution is -2.50. The first-order chi connectivity index (χ1) is 8.31. The standard InChI is InChI=1S/C14H19N2O2/c1-5-10-6-7-11(9-17)12(8-10)13(18)16(15)14(2,3)4/h6-8H,5,15H2,1-4H3. The third-order valence-corrected chi connectivity index (χ3v) is 2.77. The lowest BCUT2D eigenvalue weighted by molar-refractivity contribution is 0.0581. The lowest BCUT2D eigenvalue weighted by Gasteiger charge is -2.31. The molecule has 0 spiro atoms. The number of nitrogens with zero attached hydrogens (tertiary/aromatic N) is 1. The number of benzene rings is 1. The molecule has 18 heavy (non-hydrogen) atoms. The van der Waals surface area contributed by atoms with Gasteiger partial charge in [-0.1, -0.05) is 13.0 Å². The van der Waals surface area contributed by atoms with Crippen LogP contribution in [0.3, 0.4) is 0 Å². The van der Waals surface area contributed by atoms with Gasteiger partial charge in [-0.3, -0.25) is 14.6 Å². The average molecular weight is 247 g/mol. The van der Waals surface area contributed by atoms with Crippen LogP contribution in [-0.2, 0) is 11.2 Å². The molecule has 4 heteroatoms. The number of carbonyl (C=O) groups excluding carboxylic acids is 2. The predicted octanol–water partition coefficient (Wildman–Crippen LogP) is 1.82. The summed E-state index contributed by atoms with van der Waals surface area (Å²) in [4.78, 5) is 23.1. The normalized spacial score (nSPS) is 11.2. The Morgan fingerprint density at radius 1 is 1.39 bits per heavy atom. The van der Waals surface area contributed by atoms with E-state index in [4.69, 9.17) is 5.84 Å². The molecule has 0 aliphatic carbocycles. The van der Waals surface area contributed by atoms with E-state index in [2.05, 4.69) is 0 Å². The van der Waals surface area contributed by atoms with E-state index in [1.165, 1.54) is 0 Å². The second-order valence-electron chi connectivity index (χ2n) is 5.18. The molecule has 0 atom stereocenters. The van der Waals surface area contributed by atoms with Crippen LogP contribution in [0.4, 0.5) is 0 Å². The smallest absolute Gasteiger partial charge is 0.269 e. The van der Waals surface area contributed by atoms with Crippen molar-refractivity contribution in [2.24, 2.45) is 5.84 Å². The number of hydrogen-bond acceptors (Lipinski definition) is 3. The van der Waals surface area contributed by atoms with Crippen LogP contribution in [0.15, 0.2) is 18.2 Å². The van der Waals surface area contributed by atoms with Crippen LogP contribution < -0.4 is 5.84 Å². The molecule has 4 nitrogen and oxygen atoms in total. The molecule has 0 saturated carbocycles. The first kappa shape index (κ1) is 14.4. The molecule has 0 heterocycles. The van der Waals surface area contributed by atoms with Crippen molar-refractivity contribution in [2.45, 2.75) is 39.7 Å². The van der Waals surface area contributed by atoms with E-state index in [9.17, 15) is 9.59 Å². The maximum absolute atomic E-state index is 12.3. The summed E-state index contributed by atoms with van der Waals surface area (Å²) in [5, 5.41) is 1.14. The monoisotopic (exact) mass is 247 g/mol. The summed E-state index contributed by atoms with van der Waals surface area (Å²) in [7, 11) is 0. The Bertz CT molecular complexity index is 461. The third-order valence-electron chi connectivity index (χ3n) is 2.77. The molecule has 0 bridgehead atoms. The highest BCUT2D eigenvalue weighted by molar-refractivity contribution is 6.01. The Hall–Kier alpha value is -1.68. The van der Waals surface area contributed by atoms with E-state index >= 15 is 0 Å². The van der Waals surface area contributed by atoms with Crippen LogP contribution in [0.5, 0.6) is 0 Å². The first-order valence-electron chi connectivity index (χ1n) is 5.91. The zero-order valence-corrected chi connectivity index (χ0v) is 11.3. The van der Waals surface area contributed by atoms with Gasteiger partial charge in [-0.05, 0) is 44.9 Å². The van der Waals surface area contributed by atoms with Gasteiger partial charge in [0.2, 0.25) is 6.29 Å². The highest BCUT2D eigenvalue weighted by Crippen LogP contribution is 2.17. The second kappa shape index (κ2) is 5.31. The van der Waals surface area contributed by atoms with E-state index in [1.54, 1.807) is 18.4 Å². The van der Waals surface area contributed by atoms with Gasteiger partial charge in [-0.2, -0.15) is 0 Å². The van der Waals surface area contributed by atoms with Gasteiger partial charge in [0.1, 0.15) is 0 Å². The molecule has 0 fully saturated rings. The summed E-state index contributed by atoms with van der Waals surface area (Å²) in [6.07, 6.45) is 2.57. The number of amides is 1. The Balaban J connectivity index is 3.22. The third kappa shape index (κ3) is 2.96. The van der Waals surface area contributed by atoms with Crippen LogP contribution >= 0.6 is 0 Å². The van der Waals surface area contributed by atoms with E-state index in [0.717, 1.165) is 17.0 Å². The van der Waals surface area contributed by atoms with Gasteiger partial charge in [0.25, 0.3) is 5.91 Å². The maximum atomic E-state index is 12.3. The van der Waals surface area contributed by atoms with Crippen molar-refractivity contribution in [3.63, 3.8) is 0 Å². The molecule has 0 aromatic heterocycles. The van der Waals surface area contributed by atoms with Crippen LogP contribution in [0, 0.1) is 0 Å². The fourth-order valence-corrected chi connectivity index (χ4v) is 1.51. The topological polar surface area (TPSA) is 63.4 Å². The van der Waals surface area contributed by atoms with E-state index in [-0.39, 0.29) is 11.5 Å². The minimum atomic E-state index is -0.501. The zero-order valence-electron chi connectivity index (χ0n) is 11.3. The molecule has 0 aliphatic rings. The number of hydrazine groups is 1. The number of aryl methyl sites for hydroxylation is 1. The Labute approximate surface area is 108 Å². The average Bonchev–Trinajstić information content (AvgIpc) is 2.35. The van der Waals surface area contributed by atoms with Crippen LogP contribution in [0.25, 0.3) is 0 Å². The summed E-state index contributed by atoms with van der Waals surface area (Å²) in [6.45, 7) is 7.48. The molecule has 0 aliphatic heterocycles. The Kier molecular flexibility index (Phi) is 4.24. The molecular formula is C14H19N2O2. The van der Waals surface area contributed by atoms with Crippen molar-refractivity contribution in [2.75, 3.05) is 0 Å². The molecule has 2 N–H and O–H groups in total.